The second-order valence-electron chi connectivity index (χ2n) is 5.58. The summed E-state index contributed by atoms with van der Waals surface area (Å²) in [6, 6.07) is -2.99. The van der Waals surface area contributed by atoms with Crippen LogP contribution in [0.1, 0.15) is 46.0 Å². The number of hydrogen-bond donors (Lipinski definition) is 5. The molecule has 142 valence electrons. The smallest absolute Gasteiger partial charge is 0.326 e. The molecule has 0 aliphatic heterocycles. The Labute approximate surface area is 145 Å². The summed E-state index contributed by atoms with van der Waals surface area (Å²) < 4.78 is 0. The second-order valence-corrected chi connectivity index (χ2v) is 5.58. The van der Waals surface area contributed by atoms with E-state index in [0.717, 1.165) is 0 Å². The van der Waals surface area contributed by atoms with E-state index in [1.165, 1.54) is 13.8 Å². The molecule has 0 aromatic heterocycles. The zero-order valence-corrected chi connectivity index (χ0v) is 14.3. The summed E-state index contributed by atoms with van der Waals surface area (Å²) in [5.74, 6) is -2.92. The molecule has 0 bridgehead atoms. The Morgan fingerprint density at radius 2 is 1.48 bits per heavy atom. The van der Waals surface area contributed by atoms with Crippen LogP contribution in [-0.4, -0.2) is 58.5 Å². The highest BCUT2D eigenvalue weighted by molar-refractivity contribution is 5.89. The van der Waals surface area contributed by atoms with Crippen molar-refractivity contribution in [2.75, 3.05) is 6.54 Å². The number of hydrogen-bond acceptors (Lipinski definition) is 5. The predicted octanol–water partition coefficient (Wildman–Crippen LogP) is -0.132. The van der Waals surface area contributed by atoms with Gasteiger partial charge in [-0.15, -0.1) is 0 Å². The van der Waals surface area contributed by atoms with E-state index in [-0.39, 0.29) is 25.2 Å². The van der Waals surface area contributed by atoms with E-state index in [1.807, 2.05) is 0 Å². The largest absolute Gasteiger partial charge is 0.481 e. The van der Waals surface area contributed by atoms with Gasteiger partial charge in [-0.1, -0.05) is 0 Å². The van der Waals surface area contributed by atoms with Crippen LogP contribution in [0.3, 0.4) is 0 Å². The molecule has 3 amide bonds. The highest BCUT2D eigenvalue weighted by Crippen LogP contribution is 2.03. The van der Waals surface area contributed by atoms with Gasteiger partial charge in [0, 0.05) is 19.9 Å². The summed E-state index contributed by atoms with van der Waals surface area (Å²) in [6.45, 7) is 3.00. The Morgan fingerprint density at radius 1 is 0.880 bits per heavy atom. The molecule has 0 fully saturated rings. The minimum atomic E-state index is -1.22. The summed E-state index contributed by atoms with van der Waals surface area (Å²) >= 11 is 0. The Kier molecular flexibility index (Phi) is 10.6. The zero-order chi connectivity index (χ0) is 19.4. The summed E-state index contributed by atoms with van der Waals surface area (Å²) in [7, 11) is 0. The maximum Gasteiger partial charge on any atom is 0.326 e. The molecule has 0 spiro atoms. The van der Waals surface area contributed by atoms with Gasteiger partial charge >= 0.3 is 18.0 Å². The summed E-state index contributed by atoms with van der Waals surface area (Å²) in [5, 5.41) is 24.9. The number of nitrogens with one attached hydrogen (secondary N) is 3. The third-order valence-corrected chi connectivity index (χ3v) is 3.34. The maximum absolute atomic E-state index is 11.9. The first-order valence-electron chi connectivity index (χ1n) is 7.90. The number of carboxylic acid groups (broad SMARTS) is 2. The normalized spacial score (nSPS) is 12.6. The van der Waals surface area contributed by atoms with Crippen molar-refractivity contribution in [2.24, 2.45) is 0 Å². The van der Waals surface area contributed by atoms with Gasteiger partial charge in [0.1, 0.15) is 6.04 Å². The number of Topliss-reactive ketones (excluding diaryl/α,β-unsaturated/α-hetero) is 1. The molecule has 10 nitrogen and oxygen atoms in total. The molecule has 2 unspecified atom stereocenters. The molecule has 0 aliphatic carbocycles. The molecular weight excluding hydrogens is 334 g/mol. The van der Waals surface area contributed by atoms with Crippen molar-refractivity contribution in [3.63, 3.8) is 0 Å². The molecule has 0 heterocycles. The van der Waals surface area contributed by atoms with E-state index < -0.39 is 35.8 Å². The zero-order valence-electron chi connectivity index (χ0n) is 14.3. The standard InChI is InChI=1S/C15H25N3O7/c1-9(19)11(6-7-13(21)22)17-15(25)18-12(14(23)24)5-3-4-8-16-10(2)20/h11-12H,3-8H2,1-2H3,(H,16,20)(H,21,22)(H,23,24)(H2,17,18,25). The Morgan fingerprint density at radius 3 is 1.96 bits per heavy atom. The van der Waals surface area contributed by atoms with E-state index >= 15 is 0 Å². The van der Waals surface area contributed by atoms with Crippen LogP contribution in [0.15, 0.2) is 0 Å². The molecule has 0 aromatic carbocycles. The summed E-state index contributed by atoms with van der Waals surface area (Å²) in [4.78, 5) is 55.7. The van der Waals surface area contributed by atoms with Gasteiger partial charge in [-0.25, -0.2) is 9.59 Å². The molecule has 0 radical (unpaired) electrons. The second kappa shape index (κ2) is 11.8. The number of rotatable bonds is 12. The van der Waals surface area contributed by atoms with Gasteiger partial charge in [-0.2, -0.15) is 0 Å². The summed E-state index contributed by atoms with van der Waals surface area (Å²) in [6.07, 6.45) is 0.804. The van der Waals surface area contributed by atoms with Gasteiger partial charge < -0.3 is 26.2 Å². The molecule has 0 aliphatic rings. The Bertz CT molecular complexity index is 507. The van der Waals surface area contributed by atoms with Gasteiger partial charge in [-0.3, -0.25) is 14.4 Å². The lowest BCUT2D eigenvalue weighted by Gasteiger charge is -2.19. The first-order chi connectivity index (χ1) is 11.6. The maximum atomic E-state index is 11.9. The number of aliphatic carboxylic acids is 2. The topological polar surface area (TPSA) is 162 Å². The average Bonchev–Trinajstić information content (AvgIpc) is 2.48. The fourth-order valence-corrected chi connectivity index (χ4v) is 2.00. The van der Waals surface area contributed by atoms with Gasteiger partial charge in [0.25, 0.3) is 0 Å². The van der Waals surface area contributed by atoms with E-state index in [1.54, 1.807) is 0 Å². The molecule has 0 rings (SSSR count). The lowest BCUT2D eigenvalue weighted by atomic mass is 10.1. The molecule has 5 N–H and O–H groups in total. The number of amides is 3. The predicted molar refractivity (Wildman–Crippen MR) is 87.0 cm³/mol. The van der Waals surface area contributed by atoms with Crippen molar-refractivity contribution in [3.8, 4) is 0 Å². The molecule has 0 aromatic rings. The van der Waals surface area contributed by atoms with Crippen LogP contribution in [0.4, 0.5) is 4.79 Å². The van der Waals surface area contributed by atoms with Gasteiger partial charge in [0.2, 0.25) is 5.91 Å². The fourth-order valence-electron chi connectivity index (χ4n) is 2.00. The van der Waals surface area contributed by atoms with Crippen molar-refractivity contribution in [2.45, 2.75) is 58.0 Å². The third-order valence-electron chi connectivity index (χ3n) is 3.34. The van der Waals surface area contributed by atoms with Crippen molar-refractivity contribution in [3.05, 3.63) is 0 Å². The van der Waals surface area contributed by atoms with Gasteiger partial charge in [0.05, 0.1) is 6.04 Å². The first kappa shape index (κ1) is 22.4. The van der Waals surface area contributed by atoms with E-state index in [9.17, 15) is 24.0 Å². The summed E-state index contributed by atoms with van der Waals surface area (Å²) in [5.41, 5.74) is 0. The average molecular weight is 359 g/mol. The lowest BCUT2D eigenvalue weighted by Crippen LogP contribution is -2.50. The highest BCUT2D eigenvalue weighted by atomic mass is 16.4. The number of ketones is 1. The number of carbonyl (C=O) groups excluding carboxylic acids is 3. The minimum absolute atomic E-state index is 0.0768. The minimum Gasteiger partial charge on any atom is -0.481 e. The number of carbonyl (C=O) groups is 5. The molecule has 25 heavy (non-hydrogen) atoms. The van der Waals surface area contributed by atoms with Crippen molar-refractivity contribution >= 4 is 29.7 Å². The van der Waals surface area contributed by atoms with E-state index in [2.05, 4.69) is 16.0 Å². The Hall–Kier alpha value is -2.65. The Balaban J connectivity index is 4.41. The number of carboxylic acids is 2. The fraction of sp³-hybridized carbons (Fsp3) is 0.667. The SMILES string of the molecule is CC(=O)NCCCCC(NC(=O)NC(CCC(=O)O)C(C)=O)C(=O)O. The van der Waals surface area contributed by atoms with Crippen LogP contribution in [0, 0.1) is 0 Å². The van der Waals surface area contributed by atoms with Gasteiger partial charge in [-0.05, 0) is 32.6 Å². The van der Waals surface area contributed by atoms with E-state index in [4.69, 9.17) is 10.2 Å². The van der Waals surface area contributed by atoms with Crippen LogP contribution in [0.2, 0.25) is 0 Å². The van der Waals surface area contributed by atoms with E-state index in [0.29, 0.717) is 19.4 Å². The quantitative estimate of drug-likeness (QED) is 0.303. The van der Waals surface area contributed by atoms with Crippen LogP contribution in [0.25, 0.3) is 0 Å². The monoisotopic (exact) mass is 359 g/mol. The molecule has 0 saturated heterocycles. The number of unbranched alkanes of at least 4 members (excludes halogenated alkanes) is 1. The molecule has 10 heteroatoms. The highest BCUT2D eigenvalue weighted by Gasteiger charge is 2.23. The lowest BCUT2D eigenvalue weighted by molar-refractivity contribution is -0.139. The van der Waals surface area contributed by atoms with Crippen molar-refractivity contribution < 1.29 is 34.2 Å². The van der Waals surface area contributed by atoms with Crippen LogP contribution in [0.5, 0.6) is 0 Å². The molecule has 2 atom stereocenters. The van der Waals surface area contributed by atoms with Crippen molar-refractivity contribution in [1.29, 1.82) is 0 Å². The molecule has 0 saturated carbocycles. The van der Waals surface area contributed by atoms with Crippen molar-refractivity contribution in [1.82, 2.24) is 16.0 Å². The first-order valence-corrected chi connectivity index (χ1v) is 7.90. The van der Waals surface area contributed by atoms with Crippen LogP contribution in [-0.2, 0) is 19.2 Å². The van der Waals surface area contributed by atoms with Crippen LogP contribution < -0.4 is 16.0 Å². The van der Waals surface area contributed by atoms with Crippen LogP contribution >= 0.6 is 0 Å². The van der Waals surface area contributed by atoms with Gasteiger partial charge in [0.15, 0.2) is 5.78 Å². The number of urea groups is 1. The molecular formula is C15H25N3O7. The third kappa shape index (κ3) is 11.5.